The van der Waals surface area contributed by atoms with E-state index in [1.165, 1.54) is 6.07 Å². The fraction of sp³-hybridized carbons (Fsp3) is 0.576. The Labute approximate surface area is 261 Å². The molecule has 3 fully saturated rings. The summed E-state index contributed by atoms with van der Waals surface area (Å²) in [6.07, 6.45) is 5.90. The van der Waals surface area contributed by atoms with Gasteiger partial charge in [0.15, 0.2) is 17.3 Å². The molecule has 0 amide bonds. The Morgan fingerprint density at radius 1 is 1.20 bits per heavy atom. The lowest BCUT2D eigenvalue weighted by Gasteiger charge is -2.49. The monoisotopic (exact) mass is 614 g/mol. The first-order valence-corrected chi connectivity index (χ1v) is 16.2. The Hall–Kier alpha value is -3.79. The largest absolute Gasteiger partial charge is 0.473 e. The Bertz CT molecular complexity index is 1700. The highest BCUT2D eigenvalue weighted by Gasteiger charge is 2.50. The van der Waals surface area contributed by atoms with Gasteiger partial charge in [0.2, 0.25) is 5.88 Å². The van der Waals surface area contributed by atoms with Crippen LogP contribution in [-0.2, 0) is 23.0 Å². The quantitative estimate of drug-likeness (QED) is 0.409. The maximum atomic E-state index is 14.7. The minimum atomic E-state index is -0.589. The van der Waals surface area contributed by atoms with Gasteiger partial charge < -0.3 is 29.9 Å². The van der Waals surface area contributed by atoms with Gasteiger partial charge in [-0.3, -0.25) is 4.90 Å². The molecule has 0 unspecified atom stereocenters. The van der Waals surface area contributed by atoms with Crippen molar-refractivity contribution in [2.75, 3.05) is 57.1 Å². The van der Waals surface area contributed by atoms with Gasteiger partial charge in [0.1, 0.15) is 23.8 Å². The van der Waals surface area contributed by atoms with Crippen LogP contribution in [0.1, 0.15) is 67.0 Å². The summed E-state index contributed by atoms with van der Waals surface area (Å²) < 4.78 is 33.0. The van der Waals surface area contributed by atoms with E-state index in [0.717, 1.165) is 86.6 Å². The Morgan fingerprint density at radius 2 is 2.07 bits per heavy atom. The van der Waals surface area contributed by atoms with Crippen LogP contribution < -0.4 is 20.7 Å². The van der Waals surface area contributed by atoms with Gasteiger partial charge in [-0.2, -0.15) is 10.2 Å². The number of likely N-dealkylation sites (N-methyl/N-ethyl adjacent to an activating group) is 1. The second kappa shape index (κ2) is 10.6. The maximum absolute atomic E-state index is 14.7. The fourth-order valence-corrected chi connectivity index (χ4v) is 8.53. The molecular weight excluding hydrogens is 575 g/mol. The van der Waals surface area contributed by atoms with E-state index in [1.807, 2.05) is 6.07 Å². The number of anilines is 2. The molecule has 0 saturated carbocycles. The van der Waals surface area contributed by atoms with E-state index < -0.39 is 11.2 Å². The number of nitrogens with one attached hydrogen (secondary N) is 1. The number of likely N-dealkylation sites (tertiary alicyclic amines) is 1. The van der Waals surface area contributed by atoms with Crippen LogP contribution >= 0.6 is 0 Å². The summed E-state index contributed by atoms with van der Waals surface area (Å²) in [5.41, 5.74) is 8.70. The summed E-state index contributed by atoms with van der Waals surface area (Å²) in [5, 5.41) is 18.3. The molecule has 3 atom stereocenters. The van der Waals surface area contributed by atoms with Crippen molar-refractivity contribution < 1.29 is 18.4 Å². The predicted octanol–water partition coefficient (Wildman–Crippen LogP) is 3.33. The van der Waals surface area contributed by atoms with Gasteiger partial charge in [-0.15, -0.1) is 0 Å². The molecule has 3 saturated heterocycles. The highest BCUT2D eigenvalue weighted by Crippen LogP contribution is 2.54. The summed E-state index contributed by atoms with van der Waals surface area (Å²) in [6, 6.07) is 5.95. The molecule has 5 heterocycles. The first-order valence-electron chi connectivity index (χ1n) is 16.2. The van der Waals surface area contributed by atoms with Crippen molar-refractivity contribution in [3.63, 3.8) is 0 Å². The van der Waals surface area contributed by atoms with Crippen LogP contribution in [0.5, 0.6) is 5.88 Å². The summed E-state index contributed by atoms with van der Waals surface area (Å²) in [6.45, 7) is 6.92. The molecule has 2 aliphatic carbocycles. The van der Waals surface area contributed by atoms with Crippen LogP contribution in [-0.4, -0.2) is 84.1 Å². The maximum Gasteiger partial charge on any atom is 0.219 e. The number of halogens is 1. The number of hydrogen-bond acceptors (Lipinski definition) is 11. The number of nitrogens with two attached hydrogens (primary N) is 1. The zero-order chi connectivity index (χ0) is 30.9. The average Bonchev–Trinajstić information content (AvgIpc) is 3.75. The molecule has 3 aromatic rings. The second-order valence-corrected chi connectivity index (χ2v) is 13.6. The van der Waals surface area contributed by atoms with Gasteiger partial charge in [-0.05, 0) is 82.7 Å². The third-order valence-corrected chi connectivity index (χ3v) is 10.8. The second-order valence-electron chi connectivity index (χ2n) is 13.6. The van der Waals surface area contributed by atoms with Crippen molar-refractivity contribution >= 4 is 11.5 Å². The van der Waals surface area contributed by atoms with E-state index in [0.29, 0.717) is 49.5 Å². The van der Waals surface area contributed by atoms with Crippen molar-refractivity contribution in [3.05, 3.63) is 46.0 Å². The number of fused-ring (bicyclic) bond motifs is 4. The van der Waals surface area contributed by atoms with Crippen molar-refractivity contribution in [1.29, 1.82) is 5.26 Å². The number of rotatable bonds is 5. The Morgan fingerprint density at radius 3 is 2.82 bits per heavy atom. The van der Waals surface area contributed by atoms with Crippen LogP contribution in [0.25, 0.3) is 11.5 Å². The van der Waals surface area contributed by atoms with Crippen LogP contribution in [0.4, 0.5) is 15.9 Å². The number of aryl methyl sites for hydroxylation is 1. The number of aromatic nitrogens is 3. The van der Waals surface area contributed by atoms with Crippen LogP contribution in [0.15, 0.2) is 16.7 Å². The number of nitrogens with zero attached hydrogens (tertiary/aromatic N) is 6. The molecule has 11 nitrogen and oxygen atoms in total. The summed E-state index contributed by atoms with van der Waals surface area (Å²) >= 11 is 0. The number of nitrogen functional groups attached to an aromatic ring is 1. The van der Waals surface area contributed by atoms with Gasteiger partial charge in [-0.1, -0.05) is 5.16 Å². The van der Waals surface area contributed by atoms with Crippen molar-refractivity contribution in [2.45, 2.75) is 75.0 Å². The molecule has 1 aromatic carbocycles. The minimum Gasteiger partial charge on any atom is -0.473 e. The third kappa shape index (κ3) is 4.50. The van der Waals surface area contributed by atoms with Crippen molar-refractivity contribution in [2.24, 2.45) is 0 Å². The summed E-state index contributed by atoms with van der Waals surface area (Å²) in [5.74, 6) is 1.94. The van der Waals surface area contributed by atoms with Crippen molar-refractivity contribution in [1.82, 2.24) is 25.3 Å². The molecule has 0 radical (unpaired) electrons. The SMILES string of the molecule is C[C@H](Oc1cc(N2CCNC3(COC3)C2)nc(-c2noc3c2CCC[C@@]32CCc3cc(F)c(N)c(C#N)c32)n1)[C@@H]1CCCN1C. The van der Waals surface area contributed by atoms with Crippen LogP contribution in [0, 0.1) is 17.1 Å². The Balaban J connectivity index is 1.21. The predicted molar refractivity (Wildman–Crippen MR) is 165 cm³/mol. The number of hydrogen-bond donors (Lipinski definition) is 2. The number of ether oxygens (including phenoxy) is 2. The number of nitriles is 1. The lowest BCUT2D eigenvalue weighted by Crippen LogP contribution is -2.70. The van der Waals surface area contributed by atoms with Crippen LogP contribution in [0.2, 0.25) is 0 Å². The normalized spacial score (nSPS) is 26.0. The van der Waals surface area contributed by atoms with E-state index in [9.17, 15) is 9.65 Å². The molecule has 8 rings (SSSR count). The van der Waals surface area contributed by atoms with Gasteiger partial charge in [0.25, 0.3) is 0 Å². The van der Waals surface area contributed by atoms with Crippen LogP contribution in [0.3, 0.4) is 0 Å². The first-order chi connectivity index (χ1) is 21.8. The average molecular weight is 615 g/mol. The molecule has 5 aliphatic rings. The van der Waals surface area contributed by atoms with Gasteiger partial charge in [-0.25, -0.2) is 9.37 Å². The van der Waals surface area contributed by atoms with E-state index in [-0.39, 0.29) is 22.9 Å². The van der Waals surface area contributed by atoms with E-state index in [4.69, 9.17) is 29.7 Å². The van der Waals surface area contributed by atoms with E-state index >= 15 is 0 Å². The molecule has 3 aliphatic heterocycles. The highest BCUT2D eigenvalue weighted by atomic mass is 19.1. The summed E-state index contributed by atoms with van der Waals surface area (Å²) in [7, 11) is 2.15. The third-order valence-electron chi connectivity index (χ3n) is 10.8. The lowest BCUT2D eigenvalue weighted by atomic mass is 9.68. The first kappa shape index (κ1) is 28.7. The minimum absolute atomic E-state index is 0.0535. The van der Waals surface area contributed by atoms with Gasteiger partial charge >= 0.3 is 0 Å². The smallest absolute Gasteiger partial charge is 0.219 e. The molecule has 0 bridgehead atoms. The van der Waals surface area contributed by atoms with Gasteiger partial charge in [0.05, 0.1) is 35.4 Å². The van der Waals surface area contributed by atoms with Gasteiger partial charge in [0, 0.05) is 37.3 Å². The van der Waals surface area contributed by atoms with Crippen molar-refractivity contribution in [3.8, 4) is 23.5 Å². The molecule has 3 N–H and O–H groups in total. The summed E-state index contributed by atoms with van der Waals surface area (Å²) in [4.78, 5) is 14.7. The molecular formula is C33H39FN8O3. The van der Waals surface area contributed by atoms with E-state index in [2.05, 4.69) is 40.3 Å². The zero-order valence-corrected chi connectivity index (χ0v) is 25.9. The molecule has 45 heavy (non-hydrogen) atoms. The topological polar surface area (TPSA) is 139 Å². The number of piperazine rings is 1. The molecule has 12 heteroatoms. The lowest BCUT2D eigenvalue weighted by molar-refractivity contribution is -0.0743. The van der Waals surface area contributed by atoms with E-state index in [1.54, 1.807) is 0 Å². The zero-order valence-electron chi connectivity index (χ0n) is 25.9. The number of benzene rings is 1. The highest BCUT2D eigenvalue weighted by molar-refractivity contribution is 5.69. The molecule has 2 aromatic heterocycles. The Kier molecular flexibility index (Phi) is 6.78. The molecule has 2 spiro atoms. The molecule has 236 valence electrons. The standard InChI is InChI=1S/C33H39FN8O3/c1-19(24-6-4-11-41(24)2)44-26-14-25(42-12-10-37-32(16-42)17-43-18-32)38-31(39-26)29-21-5-3-8-33(30(21)45-40-29)9-7-20-13-23(34)28(36)22(15-35)27(20)33/h13-14,19,24,37H,3-12,16-18,36H2,1-2H3/t19-,24-,33-/m0/s1. The fourth-order valence-electron chi connectivity index (χ4n) is 8.53.